The van der Waals surface area contributed by atoms with Crippen LogP contribution in [0.2, 0.25) is 0 Å². The molecule has 1 amide bonds. The second kappa shape index (κ2) is 16.5. The van der Waals surface area contributed by atoms with E-state index in [-0.39, 0.29) is 46.0 Å². The lowest BCUT2D eigenvalue weighted by Gasteiger charge is -2.71. The van der Waals surface area contributed by atoms with E-state index in [0.717, 1.165) is 42.7 Å². The molecular formula is C50H78N2O6. The molecular weight excluding hydrogens is 725 g/mol. The fourth-order valence-electron chi connectivity index (χ4n) is 14.0. The van der Waals surface area contributed by atoms with Gasteiger partial charge in [-0.3, -0.25) is 19.2 Å². The molecule has 1 aromatic rings. The first-order valence-electron chi connectivity index (χ1n) is 22.5. The molecule has 2 N–H and O–H groups in total. The van der Waals surface area contributed by atoms with E-state index in [1.54, 1.807) is 24.3 Å². The zero-order valence-electron chi connectivity index (χ0n) is 38.5. The summed E-state index contributed by atoms with van der Waals surface area (Å²) in [6.07, 6.45) is 11.6. The lowest BCUT2D eigenvalue weighted by Crippen LogP contribution is -2.63. The largest absolute Gasteiger partial charge is 0.508 e. The maximum absolute atomic E-state index is 14.2. The summed E-state index contributed by atoms with van der Waals surface area (Å²) < 4.78 is 0. The number of ketones is 2. The first kappa shape index (κ1) is 46.1. The van der Waals surface area contributed by atoms with E-state index in [9.17, 15) is 24.3 Å². The predicted octanol–water partition coefficient (Wildman–Crippen LogP) is 10.5. The number of rotatable bonds is 11. The van der Waals surface area contributed by atoms with Crippen LogP contribution in [0, 0.1) is 62.1 Å². The minimum Gasteiger partial charge on any atom is -0.508 e. The number of allylic oxidation sites excluding steroid dienone is 2. The van der Waals surface area contributed by atoms with Gasteiger partial charge >= 0.3 is 5.97 Å². The summed E-state index contributed by atoms with van der Waals surface area (Å²) in [6, 6.07) is 6.66. The van der Waals surface area contributed by atoms with Gasteiger partial charge in [0.25, 0.3) is 5.91 Å². The average molecular weight is 803 g/mol. The van der Waals surface area contributed by atoms with Gasteiger partial charge in [0, 0.05) is 43.5 Å². The van der Waals surface area contributed by atoms with Crippen molar-refractivity contribution in [2.45, 2.75) is 147 Å². The van der Waals surface area contributed by atoms with Gasteiger partial charge in [-0.1, -0.05) is 61.0 Å². The number of benzene rings is 1. The zero-order chi connectivity index (χ0) is 43.4. The monoisotopic (exact) mass is 803 g/mol. The molecule has 8 atom stereocenters. The summed E-state index contributed by atoms with van der Waals surface area (Å²) in [7, 11) is 4.10. The van der Waals surface area contributed by atoms with Crippen molar-refractivity contribution in [2.24, 2.45) is 62.1 Å². The van der Waals surface area contributed by atoms with Gasteiger partial charge in [-0.05, 0) is 174 Å². The summed E-state index contributed by atoms with van der Waals surface area (Å²) >= 11 is 0. The lowest BCUT2D eigenvalue weighted by atomic mass is 9.34. The smallest absolute Gasteiger partial charge is 0.309 e. The third-order valence-corrected chi connectivity index (χ3v) is 17.2. The molecule has 8 unspecified atom stereocenters. The zero-order valence-corrected chi connectivity index (χ0v) is 38.5. The number of aromatic hydroxyl groups is 1. The molecule has 8 nitrogen and oxygen atoms in total. The van der Waals surface area contributed by atoms with Gasteiger partial charge in [-0.15, -0.1) is 0 Å². The number of carboxylic acids is 1. The van der Waals surface area contributed by atoms with E-state index < -0.39 is 11.4 Å². The number of nitrogens with zero attached hydrogens (tertiary/aromatic N) is 2. The normalized spacial score (nSPS) is 34.0. The number of likely N-dealkylation sites (N-methyl/N-ethyl adjacent to an activating group) is 1. The third kappa shape index (κ3) is 8.22. The van der Waals surface area contributed by atoms with E-state index in [1.807, 2.05) is 4.90 Å². The molecule has 5 aliphatic rings. The van der Waals surface area contributed by atoms with Crippen LogP contribution in [-0.4, -0.2) is 77.2 Å². The molecule has 1 aromatic carbocycles. The van der Waals surface area contributed by atoms with Crippen LogP contribution in [0.1, 0.15) is 157 Å². The number of phenolic OH excluding ortho intramolecular Hbond substituents is 1. The summed E-state index contributed by atoms with van der Waals surface area (Å²) in [5.41, 5.74) is 3.27. The quantitative estimate of drug-likeness (QED) is 0.229. The molecule has 0 spiro atoms. The Labute approximate surface area is 351 Å². The molecule has 0 bridgehead atoms. The molecule has 58 heavy (non-hydrogen) atoms. The Balaban J connectivity index is 0.000000567. The number of Topliss-reactive ketones (excluding diaryl/α,β-unsaturated/α-hetero) is 2. The van der Waals surface area contributed by atoms with E-state index >= 15 is 0 Å². The summed E-state index contributed by atoms with van der Waals surface area (Å²) in [6.45, 7) is 26.6. The maximum Gasteiger partial charge on any atom is 0.309 e. The molecule has 0 heterocycles. The van der Waals surface area contributed by atoms with Crippen molar-refractivity contribution >= 4 is 23.4 Å². The number of hydrogen-bond donors (Lipinski definition) is 2. The number of phenols is 1. The van der Waals surface area contributed by atoms with Crippen LogP contribution in [0.25, 0.3) is 0 Å². The number of carbonyl (C=O) groups excluding carboxylic acids is 3. The Morgan fingerprint density at radius 2 is 1.40 bits per heavy atom. The molecule has 4 saturated carbocycles. The SMILES string of the molecule is CC(=O)CC(C)(C)C(=O)O.CC(C)C1=C2C(CCN(CCN(C)C)C(=O)c3ccc(O)cc3)(CCC3C2(C)CCC2C3(C)CCC3C(C)(C)C(C)CCC32C)CC1=O. The van der Waals surface area contributed by atoms with Gasteiger partial charge in [0.05, 0.1) is 5.41 Å². The summed E-state index contributed by atoms with van der Waals surface area (Å²) in [4.78, 5) is 53.1. The van der Waals surface area contributed by atoms with Crippen LogP contribution >= 0.6 is 0 Å². The van der Waals surface area contributed by atoms with Crippen LogP contribution in [0.5, 0.6) is 5.75 Å². The molecule has 0 saturated heterocycles. The minimum atomic E-state index is -0.928. The van der Waals surface area contributed by atoms with Gasteiger partial charge in [-0.25, -0.2) is 0 Å². The van der Waals surface area contributed by atoms with Crippen LogP contribution < -0.4 is 0 Å². The van der Waals surface area contributed by atoms with Crippen molar-refractivity contribution in [3.63, 3.8) is 0 Å². The van der Waals surface area contributed by atoms with Crippen LogP contribution in [0.15, 0.2) is 35.4 Å². The Morgan fingerprint density at radius 3 is 1.95 bits per heavy atom. The second-order valence-corrected chi connectivity index (χ2v) is 22.2. The van der Waals surface area contributed by atoms with Gasteiger partial charge in [0.15, 0.2) is 5.78 Å². The highest BCUT2D eigenvalue weighted by Crippen LogP contribution is 2.76. The van der Waals surface area contributed by atoms with Crippen LogP contribution in [-0.2, 0) is 14.4 Å². The highest BCUT2D eigenvalue weighted by atomic mass is 16.4. The summed E-state index contributed by atoms with van der Waals surface area (Å²) in [5.74, 6) is 2.65. The Hall–Kier alpha value is -3.00. The number of carbonyl (C=O) groups is 4. The van der Waals surface area contributed by atoms with Gasteiger partial charge in [0.2, 0.25) is 0 Å². The van der Waals surface area contributed by atoms with Crippen molar-refractivity contribution in [1.29, 1.82) is 0 Å². The standard InChI is InChI=1S/C43H66N2O3.C7H12O3/c1-28(2)36-32(47)27-43(23-24-45(26-25-44(9)10)38(48)30-11-13-31(46)14-12-30)22-18-35-41(7)20-16-33-39(4,5)29(3)15-19-40(33,6)34(41)17-21-42(35,8)37(36)43;1-5(8)4-7(2,3)6(9)10/h11-14,28-29,33-35,46H,15-27H2,1-10H3;4H2,1-3H3,(H,9,10). The predicted molar refractivity (Wildman–Crippen MR) is 232 cm³/mol. The fraction of sp³-hybridized carbons (Fsp3) is 0.760. The van der Waals surface area contributed by atoms with E-state index in [4.69, 9.17) is 5.11 Å². The Bertz CT molecular complexity index is 1760. The van der Waals surface area contributed by atoms with Crippen molar-refractivity contribution in [1.82, 2.24) is 9.80 Å². The molecule has 4 fully saturated rings. The number of hydrogen-bond acceptors (Lipinski definition) is 6. The van der Waals surface area contributed by atoms with Crippen molar-refractivity contribution in [3.8, 4) is 5.75 Å². The number of amides is 1. The van der Waals surface area contributed by atoms with Crippen molar-refractivity contribution in [2.75, 3.05) is 33.7 Å². The van der Waals surface area contributed by atoms with E-state index in [2.05, 4.69) is 74.4 Å². The molecule has 0 aromatic heterocycles. The Kier molecular flexibility index (Phi) is 13.1. The van der Waals surface area contributed by atoms with Crippen LogP contribution in [0.3, 0.4) is 0 Å². The topological polar surface area (TPSA) is 115 Å². The number of fused-ring (bicyclic) bond motifs is 7. The average Bonchev–Trinajstić information content (AvgIpc) is 3.43. The van der Waals surface area contributed by atoms with Crippen LogP contribution in [0.4, 0.5) is 0 Å². The van der Waals surface area contributed by atoms with Crippen molar-refractivity contribution in [3.05, 3.63) is 41.0 Å². The molecule has 5 aliphatic carbocycles. The minimum absolute atomic E-state index is 0.00910. The van der Waals surface area contributed by atoms with Gasteiger partial charge in [-0.2, -0.15) is 0 Å². The lowest BCUT2D eigenvalue weighted by molar-refractivity contribution is -0.204. The highest BCUT2D eigenvalue weighted by Gasteiger charge is 2.68. The highest BCUT2D eigenvalue weighted by molar-refractivity contribution is 6.01. The first-order valence-corrected chi connectivity index (χ1v) is 22.5. The molecule has 324 valence electrons. The maximum atomic E-state index is 14.2. The third-order valence-electron chi connectivity index (χ3n) is 17.2. The molecule has 0 aliphatic heterocycles. The second-order valence-electron chi connectivity index (χ2n) is 22.2. The van der Waals surface area contributed by atoms with E-state index in [0.29, 0.717) is 47.6 Å². The first-order chi connectivity index (χ1) is 26.8. The van der Waals surface area contributed by atoms with Gasteiger partial charge < -0.3 is 20.0 Å². The Morgan fingerprint density at radius 1 is 0.828 bits per heavy atom. The van der Waals surface area contributed by atoms with E-state index in [1.165, 1.54) is 71.3 Å². The molecule has 8 heteroatoms. The summed E-state index contributed by atoms with van der Waals surface area (Å²) in [5, 5.41) is 18.4. The van der Waals surface area contributed by atoms with Crippen molar-refractivity contribution < 1.29 is 29.4 Å². The molecule has 0 radical (unpaired) electrons. The number of carboxylic acid groups (broad SMARTS) is 1. The van der Waals surface area contributed by atoms with Gasteiger partial charge in [0.1, 0.15) is 11.5 Å². The molecule has 6 rings (SSSR count). The number of aliphatic carboxylic acids is 1. The fourth-order valence-corrected chi connectivity index (χ4v) is 14.0.